The summed E-state index contributed by atoms with van der Waals surface area (Å²) in [4.78, 5) is 26.5. The fraction of sp³-hybridized carbons (Fsp3) is 0.545. The molecule has 0 aromatic carbocycles. The lowest BCUT2D eigenvalue weighted by Gasteiger charge is -2.03. The Bertz CT molecular complexity index is 407. The van der Waals surface area contributed by atoms with Crippen molar-refractivity contribution in [3.05, 3.63) is 16.1 Å². The van der Waals surface area contributed by atoms with E-state index in [0.29, 0.717) is 12.3 Å². The van der Waals surface area contributed by atoms with Gasteiger partial charge in [-0.05, 0) is 6.92 Å². The molecule has 0 aliphatic carbocycles. The average Bonchev–Trinajstić information content (AvgIpc) is 2.75. The Morgan fingerprint density at radius 3 is 2.94 bits per heavy atom. The van der Waals surface area contributed by atoms with Gasteiger partial charge in [0, 0.05) is 17.7 Å². The van der Waals surface area contributed by atoms with Crippen molar-refractivity contribution >= 4 is 35.0 Å². The number of hydrogen-bond donors (Lipinski definition) is 1. The standard InChI is InChI=1S/C11H16N2O3S2/c1-8-13-9(6-18-8)5-17-7-10(14)12-4-3-11(15)16-2/h6H,3-5,7H2,1-2H3,(H,12,14). The van der Waals surface area contributed by atoms with Crippen LogP contribution in [0.3, 0.4) is 0 Å². The molecule has 1 heterocycles. The lowest BCUT2D eigenvalue weighted by Crippen LogP contribution is -2.27. The van der Waals surface area contributed by atoms with E-state index < -0.39 is 0 Å². The van der Waals surface area contributed by atoms with Gasteiger partial charge in [-0.15, -0.1) is 23.1 Å². The molecule has 0 radical (unpaired) electrons. The molecule has 1 rings (SSSR count). The van der Waals surface area contributed by atoms with Crippen molar-refractivity contribution < 1.29 is 14.3 Å². The molecule has 0 saturated carbocycles. The van der Waals surface area contributed by atoms with Crippen molar-refractivity contribution in [1.29, 1.82) is 0 Å². The lowest BCUT2D eigenvalue weighted by atomic mass is 10.4. The first-order chi connectivity index (χ1) is 8.61. The number of carbonyl (C=O) groups excluding carboxylic acids is 2. The van der Waals surface area contributed by atoms with E-state index in [2.05, 4.69) is 15.0 Å². The maximum Gasteiger partial charge on any atom is 0.307 e. The monoisotopic (exact) mass is 288 g/mol. The lowest BCUT2D eigenvalue weighted by molar-refractivity contribution is -0.140. The molecule has 5 nitrogen and oxygen atoms in total. The van der Waals surface area contributed by atoms with Gasteiger partial charge in [-0.2, -0.15) is 0 Å². The highest BCUT2D eigenvalue weighted by molar-refractivity contribution is 7.99. The molecular formula is C11H16N2O3S2. The molecular weight excluding hydrogens is 272 g/mol. The smallest absolute Gasteiger partial charge is 0.307 e. The van der Waals surface area contributed by atoms with Crippen LogP contribution < -0.4 is 5.32 Å². The number of nitrogens with zero attached hydrogens (tertiary/aromatic N) is 1. The van der Waals surface area contributed by atoms with Gasteiger partial charge in [0.15, 0.2) is 0 Å². The predicted octanol–water partition coefficient (Wildman–Crippen LogP) is 1.36. The fourth-order valence-electron chi connectivity index (χ4n) is 1.18. The molecule has 0 spiro atoms. The number of thioether (sulfide) groups is 1. The summed E-state index contributed by atoms with van der Waals surface area (Å²) in [6.45, 7) is 2.28. The summed E-state index contributed by atoms with van der Waals surface area (Å²) in [5, 5.41) is 5.69. The Morgan fingerprint density at radius 1 is 1.56 bits per heavy atom. The largest absolute Gasteiger partial charge is 0.469 e. The van der Waals surface area contributed by atoms with E-state index in [-0.39, 0.29) is 18.3 Å². The topological polar surface area (TPSA) is 68.3 Å². The molecule has 0 aliphatic heterocycles. The van der Waals surface area contributed by atoms with Crippen LogP contribution >= 0.6 is 23.1 Å². The Labute approximate surface area is 114 Å². The number of esters is 1. The highest BCUT2D eigenvalue weighted by atomic mass is 32.2. The highest BCUT2D eigenvalue weighted by Gasteiger charge is 2.05. The first-order valence-corrected chi connectivity index (χ1v) is 7.47. The average molecular weight is 288 g/mol. The van der Waals surface area contributed by atoms with Gasteiger partial charge in [0.05, 0.1) is 30.0 Å². The number of nitrogens with one attached hydrogen (secondary N) is 1. The van der Waals surface area contributed by atoms with Crippen molar-refractivity contribution in [3.8, 4) is 0 Å². The predicted molar refractivity (Wildman–Crippen MR) is 72.7 cm³/mol. The summed E-state index contributed by atoms with van der Waals surface area (Å²) in [5.41, 5.74) is 1.00. The Morgan fingerprint density at radius 2 is 2.33 bits per heavy atom. The molecule has 1 aromatic heterocycles. The normalized spacial score (nSPS) is 10.1. The number of aromatic nitrogens is 1. The molecule has 7 heteroatoms. The first-order valence-electron chi connectivity index (χ1n) is 5.44. The second kappa shape index (κ2) is 8.10. The van der Waals surface area contributed by atoms with Crippen LogP contribution in [0.4, 0.5) is 0 Å². The Hall–Kier alpha value is -1.08. The second-order valence-electron chi connectivity index (χ2n) is 3.53. The third kappa shape index (κ3) is 6.02. The number of rotatable bonds is 7. The third-order valence-electron chi connectivity index (χ3n) is 2.03. The maximum absolute atomic E-state index is 11.4. The zero-order valence-corrected chi connectivity index (χ0v) is 12.0. The van der Waals surface area contributed by atoms with Gasteiger partial charge in [0.2, 0.25) is 5.91 Å². The van der Waals surface area contributed by atoms with Gasteiger partial charge in [0.25, 0.3) is 0 Å². The number of amides is 1. The Balaban J connectivity index is 2.08. The first kappa shape index (κ1) is 15.0. The van der Waals surface area contributed by atoms with Crippen LogP contribution in [-0.4, -0.2) is 36.3 Å². The molecule has 1 N–H and O–H groups in total. The summed E-state index contributed by atoms with van der Waals surface area (Å²) < 4.78 is 4.47. The molecule has 100 valence electrons. The van der Waals surface area contributed by atoms with Gasteiger partial charge in [-0.25, -0.2) is 4.98 Å². The minimum Gasteiger partial charge on any atom is -0.469 e. The molecule has 0 bridgehead atoms. The molecule has 0 aliphatic rings. The minimum absolute atomic E-state index is 0.0733. The summed E-state index contributed by atoms with van der Waals surface area (Å²) in [6.07, 6.45) is 0.207. The van der Waals surface area contributed by atoms with Crippen LogP contribution in [0, 0.1) is 6.92 Å². The Kier molecular flexibility index (Phi) is 6.74. The number of ether oxygens (including phenoxy) is 1. The van der Waals surface area contributed by atoms with Crippen molar-refractivity contribution in [1.82, 2.24) is 10.3 Å². The van der Waals surface area contributed by atoms with E-state index in [4.69, 9.17) is 0 Å². The van der Waals surface area contributed by atoms with Crippen molar-refractivity contribution in [2.45, 2.75) is 19.1 Å². The fourth-order valence-corrected chi connectivity index (χ4v) is 2.64. The SMILES string of the molecule is COC(=O)CCNC(=O)CSCc1csc(C)n1. The summed E-state index contributed by atoms with van der Waals surface area (Å²) in [5.74, 6) is 0.712. The van der Waals surface area contributed by atoms with Crippen LogP contribution in [0.1, 0.15) is 17.1 Å². The van der Waals surface area contributed by atoms with Crippen LogP contribution in [0.5, 0.6) is 0 Å². The zero-order valence-electron chi connectivity index (χ0n) is 10.4. The zero-order chi connectivity index (χ0) is 13.4. The maximum atomic E-state index is 11.4. The van der Waals surface area contributed by atoms with Gasteiger partial charge >= 0.3 is 5.97 Å². The van der Waals surface area contributed by atoms with Crippen molar-refractivity contribution in [3.63, 3.8) is 0 Å². The van der Waals surface area contributed by atoms with E-state index in [1.807, 2.05) is 12.3 Å². The van der Waals surface area contributed by atoms with E-state index >= 15 is 0 Å². The van der Waals surface area contributed by atoms with Gasteiger partial charge in [0.1, 0.15) is 0 Å². The molecule has 0 saturated heterocycles. The van der Waals surface area contributed by atoms with Crippen LogP contribution in [0.15, 0.2) is 5.38 Å². The van der Waals surface area contributed by atoms with Crippen LogP contribution in [0.2, 0.25) is 0 Å². The van der Waals surface area contributed by atoms with Gasteiger partial charge < -0.3 is 10.1 Å². The summed E-state index contributed by atoms with van der Waals surface area (Å²) in [6, 6.07) is 0. The molecule has 0 fully saturated rings. The van der Waals surface area contributed by atoms with Crippen LogP contribution in [-0.2, 0) is 20.1 Å². The van der Waals surface area contributed by atoms with E-state index in [1.54, 1.807) is 11.3 Å². The van der Waals surface area contributed by atoms with Gasteiger partial charge in [-0.1, -0.05) is 0 Å². The number of aryl methyl sites for hydroxylation is 1. The third-order valence-corrected chi connectivity index (χ3v) is 3.82. The quantitative estimate of drug-likeness (QED) is 0.767. The molecule has 18 heavy (non-hydrogen) atoms. The minimum atomic E-state index is -0.319. The molecule has 1 amide bonds. The number of carbonyl (C=O) groups is 2. The van der Waals surface area contributed by atoms with Crippen molar-refractivity contribution in [2.75, 3.05) is 19.4 Å². The second-order valence-corrected chi connectivity index (χ2v) is 5.57. The summed E-state index contributed by atoms with van der Waals surface area (Å²) in [7, 11) is 1.33. The summed E-state index contributed by atoms with van der Waals surface area (Å²) >= 11 is 3.11. The number of thiazole rings is 1. The van der Waals surface area contributed by atoms with Crippen molar-refractivity contribution in [2.24, 2.45) is 0 Å². The number of methoxy groups -OCH3 is 1. The highest BCUT2D eigenvalue weighted by Crippen LogP contribution is 2.14. The number of hydrogen-bond acceptors (Lipinski definition) is 6. The van der Waals surface area contributed by atoms with E-state index in [1.165, 1.54) is 18.9 Å². The van der Waals surface area contributed by atoms with Crippen LogP contribution in [0.25, 0.3) is 0 Å². The molecule has 0 unspecified atom stereocenters. The van der Waals surface area contributed by atoms with E-state index in [9.17, 15) is 9.59 Å². The van der Waals surface area contributed by atoms with Gasteiger partial charge in [-0.3, -0.25) is 9.59 Å². The molecule has 0 atom stereocenters. The molecule has 1 aromatic rings. The van der Waals surface area contributed by atoms with E-state index in [0.717, 1.165) is 16.5 Å².